The molecule has 0 atom stereocenters. The highest BCUT2D eigenvalue weighted by atomic mass is 15.2. The molecule has 0 fully saturated rings. The van der Waals surface area contributed by atoms with Crippen molar-refractivity contribution in [3.05, 3.63) is 158 Å². The van der Waals surface area contributed by atoms with Gasteiger partial charge in [0.05, 0.1) is 0 Å². The molecule has 0 amide bonds. The highest BCUT2D eigenvalue weighted by Crippen LogP contribution is 2.44. The van der Waals surface area contributed by atoms with Crippen LogP contribution < -0.4 is 9.80 Å². The quantitative estimate of drug-likeness (QED) is 0.223. The van der Waals surface area contributed by atoms with Crippen LogP contribution in [0.2, 0.25) is 0 Å². The van der Waals surface area contributed by atoms with Crippen LogP contribution in [0, 0.1) is 0 Å². The van der Waals surface area contributed by atoms with E-state index in [1.807, 2.05) is 48.8 Å². The van der Waals surface area contributed by atoms with Crippen molar-refractivity contribution in [1.82, 2.24) is 9.97 Å². The molecule has 6 aromatic rings. The minimum absolute atomic E-state index is 0.834. The van der Waals surface area contributed by atoms with Crippen molar-refractivity contribution in [2.24, 2.45) is 0 Å². The molecule has 0 unspecified atom stereocenters. The summed E-state index contributed by atoms with van der Waals surface area (Å²) >= 11 is 0. The predicted octanol–water partition coefficient (Wildman–Crippen LogP) is 9.08. The second-order valence-electron chi connectivity index (χ2n) is 8.76. The fraction of sp³-hybridized carbons (Fsp3) is 0. The summed E-state index contributed by atoms with van der Waals surface area (Å²) in [6, 6.07) is 49.6. The normalized spacial score (nSPS) is 10.6. The summed E-state index contributed by atoms with van der Waals surface area (Å²) in [5, 5.41) is 0. The van der Waals surface area contributed by atoms with Gasteiger partial charge in [-0.1, -0.05) is 72.8 Å². The fourth-order valence-electron chi connectivity index (χ4n) is 4.67. The highest BCUT2D eigenvalue weighted by Gasteiger charge is 2.23. The van der Waals surface area contributed by atoms with Gasteiger partial charge < -0.3 is 0 Å². The molecule has 0 aliphatic heterocycles. The second kappa shape index (κ2) is 10.8. The number of rotatable bonds is 7. The molecular weight excluding hydrogens is 464 g/mol. The molecule has 0 bridgehead atoms. The summed E-state index contributed by atoms with van der Waals surface area (Å²) in [5.41, 5.74) is 6.11. The minimum Gasteiger partial charge on any atom is -0.295 e. The summed E-state index contributed by atoms with van der Waals surface area (Å²) in [7, 11) is 0. The number of hydrogen-bond acceptors (Lipinski definition) is 4. The van der Waals surface area contributed by atoms with E-state index in [0.717, 1.165) is 45.5 Å². The molecule has 2 aromatic heterocycles. The Morgan fingerprint density at radius 3 is 0.895 bits per heavy atom. The summed E-state index contributed by atoms with van der Waals surface area (Å²) in [4.78, 5) is 14.3. The van der Waals surface area contributed by atoms with Gasteiger partial charge in [-0.25, -0.2) is 9.97 Å². The van der Waals surface area contributed by atoms with E-state index < -0.39 is 0 Å². The first-order chi connectivity index (χ1) is 18.9. The third-order valence-corrected chi connectivity index (χ3v) is 6.34. The summed E-state index contributed by atoms with van der Waals surface area (Å²) < 4.78 is 0. The predicted molar refractivity (Wildman–Crippen MR) is 157 cm³/mol. The Morgan fingerprint density at radius 2 is 0.605 bits per heavy atom. The number of pyridine rings is 2. The van der Waals surface area contributed by atoms with Gasteiger partial charge in [0.1, 0.15) is 11.6 Å². The lowest BCUT2D eigenvalue weighted by atomic mass is 10.0. The van der Waals surface area contributed by atoms with Crippen LogP contribution >= 0.6 is 0 Å². The van der Waals surface area contributed by atoms with Crippen LogP contribution in [0.15, 0.2) is 158 Å². The summed E-state index contributed by atoms with van der Waals surface area (Å²) in [6.45, 7) is 0. The van der Waals surface area contributed by atoms with Crippen molar-refractivity contribution in [3.8, 4) is 11.1 Å². The molecule has 182 valence electrons. The van der Waals surface area contributed by atoms with Crippen molar-refractivity contribution in [1.29, 1.82) is 0 Å². The van der Waals surface area contributed by atoms with Gasteiger partial charge in [0, 0.05) is 46.3 Å². The first-order valence-electron chi connectivity index (χ1n) is 12.6. The number of benzene rings is 4. The van der Waals surface area contributed by atoms with Crippen LogP contribution in [0.3, 0.4) is 0 Å². The molecule has 4 aromatic carbocycles. The number of anilines is 6. The van der Waals surface area contributed by atoms with Gasteiger partial charge in [0.2, 0.25) is 0 Å². The Bertz CT molecular complexity index is 1400. The standard InChI is InChI=1S/C34H26N4/c1-5-15-27(16-6-1)37(28-17-7-2-8-18-28)33-31(23-13-25-35-33)32-24-14-26-36-34(32)38(29-19-9-3-10-20-29)30-21-11-4-12-22-30/h1-26H. The molecule has 6 rings (SSSR count). The number of para-hydroxylation sites is 4. The van der Waals surface area contributed by atoms with Crippen molar-refractivity contribution in [3.63, 3.8) is 0 Å². The largest absolute Gasteiger partial charge is 0.295 e. The lowest BCUT2D eigenvalue weighted by Gasteiger charge is -2.29. The molecule has 2 heterocycles. The lowest BCUT2D eigenvalue weighted by molar-refractivity contribution is 1.16. The zero-order valence-corrected chi connectivity index (χ0v) is 20.8. The zero-order valence-electron chi connectivity index (χ0n) is 20.8. The Balaban J connectivity index is 1.58. The van der Waals surface area contributed by atoms with E-state index in [1.54, 1.807) is 0 Å². The van der Waals surface area contributed by atoms with Gasteiger partial charge >= 0.3 is 0 Å². The van der Waals surface area contributed by atoms with Crippen LogP contribution in [-0.4, -0.2) is 9.97 Å². The monoisotopic (exact) mass is 490 g/mol. The van der Waals surface area contributed by atoms with E-state index in [-0.39, 0.29) is 0 Å². The molecule has 4 heteroatoms. The average Bonchev–Trinajstić information content (AvgIpc) is 3.00. The Kier molecular flexibility index (Phi) is 6.60. The summed E-state index contributed by atoms with van der Waals surface area (Å²) in [5.74, 6) is 1.67. The molecular formula is C34H26N4. The van der Waals surface area contributed by atoms with Gasteiger partial charge in [0.15, 0.2) is 0 Å². The van der Waals surface area contributed by atoms with E-state index in [2.05, 4.69) is 119 Å². The molecule has 0 aliphatic rings. The van der Waals surface area contributed by atoms with Gasteiger partial charge in [-0.2, -0.15) is 0 Å². The van der Waals surface area contributed by atoms with Crippen LogP contribution in [0.25, 0.3) is 11.1 Å². The maximum atomic E-state index is 4.93. The third kappa shape index (κ3) is 4.63. The van der Waals surface area contributed by atoms with Crippen LogP contribution in [0.1, 0.15) is 0 Å². The number of nitrogens with zero attached hydrogens (tertiary/aromatic N) is 4. The van der Waals surface area contributed by atoms with E-state index >= 15 is 0 Å². The minimum atomic E-state index is 0.834. The molecule has 38 heavy (non-hydrogen) atoms. The number of hydrogen-bond donors (Lipinski definition) is 0. The average molecular weight is 491 g/mol. The van der Waals surface area contributed by atoms with Crippen molar-refractivity contribution >= 4 is 34.4 Å². The number of aromatic nitrogens is 2. The molecule has 0 aliphatic carbocycles. The van der Waals surface area contributed by atoms with Crippen molar-refractivity contribution in [2.75, 3.05) is 9.80 Å². The Labute approximate surface area is 223 Å². The first-order valence-corrected chi connectivity index (χ1v) is 12.6. The summed E-state index contributed by atoms with van der Waals surface area (Å²) in [6.07, 6.45) is 3.69. The van der Waals surface area contributed by atoms with E-state index in [4.69, 9.17) is 9.97 Å². The maximum absolute atomic E-state index is 4.93. The van der Waals surface area contributed by atoms with Gasteiger partial charge in [0.25, 0.3) is 0 Å². The Hall–Kier alpha value is -5.22. The molecule has 4 nitrogen and oxygen atoms in total. The molecule has 0 spiro atoms. The van der Waals surface area contributed by atoms with E-state index in [0.29, 0.717) is 0 Å². The SMILES string of the molecule is c1ccc(N(c2ccccc2)c2ncccc2-c2cccnc2N(c2ccccc2)c2ccccc2)cc1. The molecule has 0 radical (unpaired) electrons. The Morgan fingerprint density at radius 1 is 0.316 bits per heavy atom. The lowest BCUT2D eigenvalue weighted by Crippen LogP contribution is -2.15. The van der Waals surface area contributed by atoms with Crippen LogP contribution in [0.4, 0.5) is 34.4 Å². The van der Waals surface area contributed by atoms with Crippen molar-refractivity contribution in [2.45, 2.75) is 0 Å². The molecule has 0 saturated heterocycles. The molecule has 0 N–H and O–H groups in total. The van der Waals surface area contributed by atoms with Gasteiger partial charge in [-0.05, 0) is 72.8 Å². The van der Waals surface area contributed by atoms with Gasteiger partial charge in [-0.3, -0.25) is 9.80 Å². The van der Waals surface area contributed by atoms with Crippen LogP contribution in [0.5, 0.6) is 0 Å². The molecule has 0 saturated carbocycles. The third-order valence-electron chi connectivity index (χ3n) is 6.34. The zero-order chi connectivity index (χ0) is 25.6. The fourth-order valence-corrected chi connectivity index (χ4v) is 4.67. The topological polar surface area (TPSA) is 32.3 Å². The maximum Gasteiger partial charge on any atom is 0.145 e. The van der Waals surface area contributed by atoms with Gasteiger partial charge in [-0.15, -0.1) is 0 Å². The van der Waals surface area contributed by atoms with E-state index in [1.165, 1.54) is 0 Å². The second-order valence-corrected chi connectivity index (χ2v) is 8.76. The van der Waals surface area contributed by atoms with E-state index in [9.17, 15) is 0 Å². The highest BCUT2D eigenvalue weighted by molar-refractivity contribution is 5.92. The smallest absolute Gasteiger partial charge is 0.145 e. The van der Waals surface area contributed by atoms with Crippen molar-refractivity contribution < 1.29 is 0 Å². The van der Waals surface area contributed by atoms with Crippen LogP contribution in [-0.2, 0) is 0 Å². The first kappa shape index (κ1) is 23.2.